The van der Waals surface area contributed by atoms with Gasteiger partial charge >= 0.3 is 0 Å². The number of hydrogen-bond donors (Lipinski definition) is 3. The van der Waals surface area contributed by atoms with E-state index in [2.05, 4.69) is 5.32 Å². The Hall–Kier alpha value is -1.75. The van der Waals surface area contributed by atoms with E-state index in [0.29, 0.717) is 0 Å². The highest BCUT2D eigenvalue weighted by molar-refractivity contribution is 5.99. The number of nitrogens with one attached hydrogen (secondary N) is 1. The van der Waals surface area contributed by atoms with Crippen LogP contribution < -0.4 is 5.32 Å². The molecule has 86 valence electrons. The normalized spacial score (nSPS) is 15.6. The van der Waals surface area contributed by atoms with Gasteiger partial charge in [-0.15, -0.1) is 0 Å². The van der Waals surface area contributed by atoms with E-state index < -0.39 is 0 Å². The van der Waals surface area contributed by atoms with Gasteiger partial charge in [-0.25, -0.2) is 0 Å². The molecule has 1 aromatic carbocycles. The van der Waals surface area contributed by atoms with Crippen LogP contribution in [0.2, 0.25) is 0 Å². The Balaban J connectivity index is 2.26. The molecule has 5 heteroatoms. The SMILES string of the molecule is CN(C(=O)c1c(O)cccc1O)C1CNC1. The van der Waals surface area contributed by atoms with Crippen molar-refractivity contribution in [3.8, 4) is 11.5 Å². The Bertz CT molecular complexity index is 395. The summed E-state index contributed by atoms with van der Waals surface area (Å²) in [4.78, 5) is 13.5. The van der Waals surface area contributed by atoms with Gasteiger partial charge in [0, 0.05) is 20.1 Å². The second-order valence-corrected chi connectivity index (χ2v) is 3.90. The van der Waals surface area contributed by atoms with E-state index in [9.17, 15) is 15.0 Å². The summed E-state index contributed by atoms with van der Waals surface area (Å²) in [6.07, 6.45) is 0. The van der Waals surface area contributed by atoms with Crippen LogP contribution in [0.25, 0.3) is 0 Å². The number of phenolic OH excluding ortho intramolecular Hbond substituents is 2. The van der Waals surface area contributed by atoms with Gasteiger partial charge in [-0.3, -0.25) is 4.79 Å². The highest BCUT2D eigenvalue weighted by Crippen LogP contribution is 2.28. The number of amides is 1. The number of hydrogen-bond acceptors (Lipinski definition) is 4. The number of benzene rings is 1. The fraction of sp³-hybridized carbons (Fsp3) is 0.364. The van der Waals surface area contributed by atoms with Crippen molar-refractivity contribution in [1.82, 2.24) is 10.2 Å². The first-order chi connectivity index (χ1) is 7.61. The molecule has 0 radical (unpaired) electrons. The van der Waals surface area contributed by atoms with Crippen LogP contribution in [0.15, 0.2) is 18.2 Å². The van der Waals surface area contributed by atoms with E-state index in [1.807, 2.05) is 0 Å². The summed E-state index contributed by atoms with van der Waals surface area (Å²) >= 11 is 0. The number of carbonyl (C=O) groups is 1. The van der Waals surface area contributed by atoms with Crippen molar-refractivity contribution in [3.63, 3.8) is 0 Å². The molecule has 16 heavy (non-hydrogen) atoms. The Kier molecular flexibility index (Phi) is 2.70. The minimum Gasteiger partial charge on any atom is -0.507 e. The van der Waals surface area contributed by atoms with Gasteiger partial charge in [-0.1, -0.05) is 6.07 Å². The van der Waals surface area contributed by atoms with Crippen molar-refractivity contribution in [2.45, 2.75) is 6.04 Å². The molecule has 1 fully saturated rings. The monoisotopic (exact) mass is 222 g/mol. The standard InChI is InChI=1S/C11H14N2O3/c1-13(7-5-12-6-7)11(16)10-8(14)3-2-4-9(10)15/h2-4,7,12,14-15H,5-6H2,1H3. The van der Waals surface area contributed by atoms with Gasteiger partial charge < -0.3 is 20.4 Å². The Morgan fingerprint density at radius 1 is 1.38 bits per heavy atom. The maximum Gasteiger partial charge on any atom is 0.261 e. The minimum absolute atomic E-state index is 0.0306. The molecule has 5 nitrogen and oxygen atoms in total. The third-order valence-electron chi connectivity index (χ3n) is 2.86. The van der Waals surface area contributed by atoms with Crippen LogP contribution in [0.3, 0.4) is 0 Å². The zero-order valence-corrected chi connectivity index (χ0v) is 8.97. The summed E-state index contributed by atoms with van der Waals surface area (Å²) in [5.74, 6) is -0.740. The van der Waals surface area contributed by atoms with Gasteiger partial charge in [0.1, 0.15) is 17.1 Å². The second-order valence-electron chi connectivity index (χ2n) is 3.90. The third kappa shape index (κ3) is 1.69. The Morgan fingerprint density at radius 2 is 1.94 bits per heavy atom. The zero-order chi connectivity index (χ0) is 11.7. The van der Waals surface area contributed by atoms with Gasteiger partial charge in [0.15, 0.2) is 0 Å². The van der Waals surface area contributed by atoms with Crippen LogP contribution in [-0.4, -0.2) is 47.2 Å². The number of rotatable bonds is 2. The summed E-state index contributed by atoms with van der Waals surface area (Å²) < 4.78 is 0. The maximum absolute atomic E-state index is 12.0. The van der Waals surface area contributed by atoms with Crippen molar-refractivity contribution in [2.24, 2.45) is 0 Å². The molecule has 2 rings (SSSR count). The van der Waals surface area contributed by atoms with E-state index in [4.69, 9.17) is 0 Å². The van der Waals surface area contributed by atoms with Crippen molar-refractivity contribution >= 4 is 5.91 Å². The first-order valence-corrected chi connectivity index (χ1v) is 5.10. The van der Waals surface area contributed by atoms with Crippen molar-refractivity contribution in [3.05, 3.63) is 23.8 Å². The van der Waals surface area contributed by atoms with E-state index in [1.54, 1.807) is 7.05 Å². The average molecular weight is 222 g/mol. The predicted molar refractivity (Wildman–Crippen MR) is 58.5 cm³/mol. The lowest BCUT2D eigenvalue weighted by Crippen LogP contribution is -2.57. The maximum atomic E-state index is 12.0. The lowest BCUT2D eigenvalue weighted by Gasteiger charge is -2.35. The van der Waals surface area contributed by atoms with Gasteiger partial charge in [0.25, 0.3) is 5.91 Å². The lowest BCUT2D eigenvalue weighted by atomic mass is 10.1. The van der Waals surface area contributed by atoms with E-state index in [1.165, 1.54) is 23.1 Å². The number of likely N-dealkylation sites (N-methyl/N-ethyl adjacent to an activating group) is 1. The third-order valence-corrected chi connectivity index (χ3v) is 2.86. The number of aromatic hydroxyl groups is 2. The fourth-order valence-corrected chi connectivity index (χ4v) is 1.64. The highest BCUT2D eigenvalue weighted by atomic mass is 16.3. The fourth-order valence-electron chi connectivity index (χ4n) is 1.64. The summed E-state index contributed by atoms with van der Waals surface area (Å²) in [5.41, 5.74) is -0.0306. The van der Waals surface area contributed by atoms with Gasteiger partial charge in [0.05, 0.1) is 6.04 Å². The molecule has 1 heterocycles. The molecule has 1 aliphatic heterocycles. The van der Waals surface area contributed by atoms with E-state index in [-0.39, 0.29) is 29.0 Å². The largest absolute Gasteiger partial charge is 0.507 e. The lowest BCUT2D eigenvalue weighted by molar-refractivity contribution is 0.0675. The number of phenols is 2. The minimum atomic E-state index is -0.359. The van der Waals surface area contributed by atoms with Crippen LogP contribution >= 0.6 is 0 Å². The van der Waals surface area contributed by atoms with Gasteiger partial charge in [0.2, 0.25) is 0 Å². The molecule has 1 aromatic rings. The molecule has 1 amide bonds. The topological polar surface area (TPSA) is 72.8 Å². The summed E-state index contributed by atoms with van der Waals surface area (Å²) in [5, 5.41) is 22.2. The molecule has 0 unspecified atom stereocenters. The smallest absolute Gasteiger partial charge is 0.261 e. The Morgan fingerprint density at radius 3 is 2.38 bits per heavy atom. The molecule has 1 saturated heterocycles. The van der Waals surface area contributed by atoms with Crippen molar-refractivity contribution in [2.75, 3.05) is 20.1 Å². The predicted octanol–water partition coefficient (Wildman–Crippen LogP) is 0.142. The van der Waals surface area contributed by atoms with Crippen LogP contribution in [0, 0.1) is 0 Å². The molecule has 0 bridgehead atoms. The van der Waals surface area contributed by atoms with E-state index >= 15 is 0 Å². The molecule has 0 atom stereocenters. The summed E-state index contributed by atoms with van der Waals surface area (Å²) in [6, 6.07) is 4.40. The molecule has 0 aliphatic carbocycles. The number of carbonyl (C=O) groups excluding carboxylic acids is 1. The molecule has 1 aliphatic rings. The quantitative estimate of drug-likeness (QED) is 0.665. The summed E-state index contributed by atoms with van der Waals surface area (Å²) in [6.45, 7) is 1.49. The first kappa shape index (κ1) is 10.8. The van der Waals surface area contributed by atoms with Crippen molar-refractivity contribution in [1.29, 1.82) is 0 Å². The number of nitrogens with zero attached hydrogens (tertiary/aromatic N) is 1. The van der Waals surface area contributed by atoms with Crippen LogP contribution in [-0.2, 0) is 0 Å². The highest BCUT2D eigenvalue weighted by Gasteiger charge is 2.28. The molecule has 0 spiro atoms. The summed E-state index contributed by atoms with van der Waals surface area (Å²) in [7, 11) is 1.67. The van der Waals surface area contributed by atoms with Crippen molar-refractivity contribution < 1.29 is 15.0 Å². The second kappa shape index (κ2) is 4.02. The molecular formula is C11H14N2O3. The zero-order valence-electron chi connectivity index (χ0n) is 8.97. The van der Waals surface area contributed by atoms with Crippen LogP contribution in [0.4, 0.5) is 0 Å². The van der Waals surface area contributed by atoms with Crippen LogP contribution in [0.5, 0.6) is 11.5 Å². The average Bonchev–Trinajstić information content (AvgIpc) is 2.14. The molecule has 0 aromatic heterocycles. The molecule has 3 N–H and O–H groups in total. The first-order valence-electron chi connectivity index (χ1n) is 5.10. The van der Waals surface area contributed by atoms with E-state index in [0.717, 1.165) is 13.1 Å². The van der Waals surface area contributed by atoms with Crippen LogP contribution in [0.1, 0.15) is 10.4 Å². The molecule has 0 saturated carbocycles. The van der Waals surface area contributed by atoms with Gasteiger partial charge in [-0.05, 0) is 12.1 Å². The molecular weight excluding hydrogens is 208 g/mol. The Labute approximate surface area is 93.3 Å². The van der Waals surface area contributed by atoms with Gasteiger partial charge in [-0.2, -0.15) is 0 Å².